The number of aromatic nitrogens is 3. The third-order valence-corrected chi connectivity index (χ3v) is 6.25. The summed E-state index contributed by atoms with van der Waals surface area (Å²) < 4.78 is 2.30. The van der Waals surface area contributed by atoms with Gasteiger partial charge in [-0.15, -0.1) is 11.3 Å². The molecule has 0 N–H and O–H groups in total. The van der Waals surface area contributed by atoms with Crippen molar-refractivity contribution in [3.05, 3.63) is 58.8 Å². The van der Waals surface area contributed by atoms with Crippen molar-refractivity contribution in [2.24, 2.45) is 5.92 Å². The van der Waals surface area contributed by atoms with Crippen molar-refractivity contribution in [1.29, 1.82) is 0 Å². The average molecular weight is 381 g/mol. The fraction of sp³-hybridized carbons (Fsp3) is 0.381. The predicted molar refractivity (Wildman–Crippen MR) is 108 cm³/mol. The molecule has 140 valence electrons. The molecule has 0 aliphatic carbocycles. The van der Waals surface area contributed by atoms with Crippen LogP contribution < -0.4 is 0 Å². The summed E-state index contributed by atoms with van der Waals surface area (Å²) in [5, 5.41) is 1.97. The summed E-state index contributed by atoms with van der Waals surface area (Å²) in [4.78, 5) is 24.0. The minimum absolute atomic E-state index is 0.189. The number of imidazole rings is 1. The third kappa shape index (κ3) is 3.95. The minimum Gasteiger partial charge on any atom is -0.338 e. The van der Waals surface area contributed by atoms with Crippen molar-refractivity contribution in [3.63, 3.8) is 0 Å². The smallest absolute Gasteiger partial charge is 0.263 e. The van der Waals surface area contributed by atoms with Gasteiger partial charge in [-0.25, -0.2) is 4.98 Å². The number of carbonyl (C=O) groups is 1. The summed E-state index contributed by atoms with van der Waals surface area (Å²) in [5.41, 5.74) is 2.29. The number of likely N-dealkylation sites (tertiary alicyclic amines) is 1. The second kappa shape index (κ2) is 8.05. The molecule has 3 aromatic heterocycles. The Bertz CT molecular complexity index is 880. The number of rotatable bonds is 5. The second-order valence-corrected chi connectivity index (χ2v) is 8.06. The lowest BCUT2D eigenvalue weighted by molar-refractivity contribution is 0.0690. The van der Waals surface area contributed by atoms with Crippen molar-refractivity contribution in [1.82, 2.24) is 19.4 Å². The summed E-state index contributed by atoms with van der Waals surface area (Å²) in [5.74, 6) is 1.86. The van der Waals surface area contributed by atoms with Crippen LogP contribution >= 0.6 is 11.3 Å². The quantitative estimate of drug-likeness (QED) is 0.665. The fourth-order valence-electron chi connectivity index (χ4n) is 3.77. The van der Waals surface area contributed by atoms with Gasteiger partial charge in [0.1, 0.15) is 5.82 Å². The van der Waals surface area contributed by atoms with Crippen LogP contribution in [0.5, 0.6) is 0 Å². The summed E-state index contributed by atoms with van der Waals surface area (Å²) in [6.45, 7) is 4.80. The number of hydrogen-bond acceptors (Lipinski definition) is 4. The molecule has 4 heterocycles. The Hall–Kier alpha value is -2.47. The molecule has 1 aliphatic rings. The van der Waals surface area contributed by atoms with E-state index in [1.54, 1.807) is 0 Å². The van der Waals surface area contributed by atoms with Gasteiger partial charge >= 0.3 is 0 Å². The van der Waals surface area contributed by atoms with Gasteiger partial charge in [-0.2, -0.15) is 0 Å². The first-order valence-corrected chi connectivity index (χ1v) is 10.4. The number of piperidine rings is 1. The first-order valence-electron chi connectivity index (χ1n) is 9.47. The molecule has 4 rings (SSSR count). The Morgan fingerprint density at radius 1 is 1.22 bits per heavy atom. The second-order valence-electron chi connectivity index (χ2n) is 7.11. The van der Waals surface area contributed by atoms with Crippen molar-refractivity contribution in [3.8, 4) is 11.4 Å². The molecule has 0 unspecified atom stereocenters. The zero-order valence-corrected chi connectivity index (χ0v) is 16.4. The van der Waals surface area contributed by atoms with E-state index >= 15 is 0 Å². The fourth-order valence-corrected chi connectivity index (χ4v) is 4.46. The van der Waals surface area contributed by atoms with E-state index in [-0.39, 0.29) is 5.91 Å². The van der Waals surface area contributed by atoms with Crippen LogP contribution in [0.4, 0.5) is 0 Å². The number of carbonyl (C=O) groups excluding carboxylic acids is 1. The Morgan fingerprint density at radius 2 is 2.00 bits per heavy atom. The zero-order chi connectivity index (χ0) is 18.6. The van der Waals surface area contributed by atoms with Gasteiger partial charge in [0.25, 0.3) is 5.91 Å². The van der Waals surface area contributed by atoms with Gasteiger partial charge in [0.2, 0.25) is 0 Å². The predicted octanol–water partition coefficient (Wildman–Crippen LogP) is 4.26. The Balaban J connectivity index is 1.35. The molecule has 1 aliphatic heterocycles. The van der Waals surface area contributed by atoms with Crippen LogP contribution in [0.25, 0.3) is 11.4 Å². The lowest BCUT2D eigenvalue weighted by Gasteiger charge is -2.32. The van der Waals surface area contributed by atoms with Crippen LogP contribution in [-0.4, -0.2) is 38.4 Å². The highest BCUT2D eigenvalue weighted by atomic mass is 32.1. The van der Waals surface area contributed by atoms with Crippen LogP contribution in [0, 0.1) is 12.8 Å². The summed E-state index contributed by atoms with van der Waals surface area (Å²) in [6.07, 6.45) is 8.84. The van der Waals surface area contributed by atoms with E-state index < -0.39 is 0 Å². The van der Waals surface area contributed by atoms with Crippen LogP contribution in [0.1, 0.15) is 34.6 Å². The highest BCUT2D eigenvalue weighted by molar-refractivity contribution is 7.12. The summed E-state index contributed by atoms with van der Waals surface area (Å²) in [7, 11) is 0. The van der Waals surface area contributed by atoms with Gasteiger partial charge in [-0.3, -0.25) is 9.78 Å². The number of amides is 1. The van der Waals surface area contributed by atoms with Gasteiger partial charge in [-0.1, -0.05) is 6.07 Å². The summed E-state index contributed by atoms with van der Waals surface area (Å²) in [6, 6.07) is 7.87. The third-order valence-electron chi connectivity index (χ3n) is 5.39. The van der Waals surface area contributed by atoms with Crippen molar-refractivity contribution in [2.45, 2.75) is 32.7 Å². The van der Waals surface area contributed by atoms with Gasteiger partial charge in [0.05, 0.1) is 4.88 Å². The molecule has 0 spiro atoms. The molecule has 1 fully saturated rings. The first-order chi connectivity index (χ1) is 13.2. The van der Waals surface area contributed by atoms with E-state index in [9.17, 15) is 4.79 Å². The SMILES string of the molecule is Cc1cnc(-c2ccncc2)n1CCC1CCN(C(=O)c2cccs2)CC1. The zero-order valence-electron chi connectivity index (χ0n) is 15.5. The normalized spacial score (nSPS) is 15.2. The van der Waals surface area contributed by atoms with Gasteiger partial charge in [-0.05, 0) is 55.7 Å². The molecule has 0 saturated carbocycles. The molecular formula is C21H24N4OS. The average Bonchev–Trinajstić information content (AvgIpc) is 3.37. The molecule has 27 heavy (non-hydrogen) atoms. The van der Waals surface area contributed by atoms with E-state index in [0.29, 0.717) is 5.92 Å². The molecule has 0 atom stereocenters. The van der Waals surface area contributed by atoms with Crippen LogP contribution in [0.3, 0.4) is 0 Å². The topological polar surface area (TPSA) is 51.0 Å². The van der Waals surface area contributed by atoms with Crippen molar-refractivity contribution >= 4 is 17.2 Å². The van der Waals surface area contributed by atoms with E-state index in [1.807, 2.05) is 53.1 Å². The van der Waals surface area contributed by atoms with E-state index in [4.69, 9.17) is 0 Å². The van der Waals surface area contributed by atoms with Gasteiger partial charge in [0.15, 0.2) is 0 Å². The Morgan fingerprint density at radius 3 is 2.70 bits per heavy atom. The number of thiophene rings is 1. The van der Waals surface area contributed by atoms with E-state index in [0.717, 1.165) is 55.2 Å². The number of pyridine rings is 1. The monoisotopic (exact) mass is 380 g/mol. The maximum absolute atomic E-state index is 12.5. The number of nitrogens with zero attached hydrogens (tertiary/aromatic N) is 4. The van der Waals surface area contributed by atoms with Crippen LogP contribution in [0.15, 0.2) is 48.2 Å². The summed E-state index contributed by atoms with van der Waals surface area (Å²) >= 11 is 1.53. The number of hydrogen-bond donors (Lipinski definition) is 0. The Kier molecular flexibility index (Phi) is 5.34. The molecule has 6 heteroatoms. The van der Waals surface area contributed by atoms with Crippen molar-refractivity contribution in [2.75, 3.05) is 13.1 Å². The molecule has 5 nitrogen and oxygen atoms in total. The lowest BCUT2D eigenvalue weighted by atomic mass is 9.93. The standard InChI is InChI=1S/C21H24N4OS/c1-16-15-23-20(18-4-9-22-10-5-18)25(16)13-8-17-6-11-24(12-7-17)21(26)19-3-2-14-27-19/h2-5,9-10,14-15,17H,6-8,11-13H2,1H3. The molecular weight excluding hydrogens is 356 g/mol. The van der Waals surface area contributed by atoms with E-state index in [2.05, 4.69) is 21.5 Å². The largest absolute Gasteiger partial charge is 0.338 e. The van der Waals surface area contributed by atoms with Crippen LogP contribution in [0.2, 0.25) is 0 Å². The molecule has 1 amide bonds. The highest BCUT2D eigenvalue weighted by Crippen LogP contribution is 2.25. The molecule has 0 aromatic carbocycles. The van der Waals surface area contributed by atoms with Crippen molar-refractivity contribution < 1.29 is 4.79 Å². The van der Waals surface area contributed by atoms with Gasteiger partial charge < -0.3 is 9.47 Å². The maximum atomic E-state index is 12.5. The molecule has 0 radical (unpaired) electrons. The molecule has 3 aromatic rings. The van der Waals surface area contributed by atoms with Gasteiger partial charge in [0, 0.05) is 49.5 Å². The molecule has 0 bridgehead atoms. The highest BCUT2D eigenvalue weighted by Gasteiger charge is 2.24. The number of aryl methyl sites for hydroxylation is 1. The van der Waals surface area contributed by atoms with E-state index in [1.165, 1.54) is 17.0 Å². The maximum Gasteiger partial charge on any atom is 0.263 e. The Labute approximate surface area is 163 Å². The first kappa shape index (κ1) is 17.9. The molecule has 1 saturated heterocycles. The minimum atomic E-state index is 0.189. The van der Waals surface area contributed by atoms with Crippen LogP contribution in [-0.2, 0) is 6.54 Å². The lowest BCUT2D eigenvalue weighted by Crippen LogP contribution is -2.38.